The summed E-state index contributed by atoms with van der Waals surface area (Å²) in [5.74, 6) is 0.261. The van der Waals surface area contributed by atoms with Crippen LogP contribution in [0.3, 0.4) is 0 Å². The van der Waals surface area contributed by atoms with Crippen molar-refractivity contribution in [3.05, 3.63) is 35.2 Å². The first-order chi connectivity index (χ1) is 11.3. The smallest absolute Gasteiger partial charge is 0.265 e. The van der Waals surface area contributed by atoms with E-state index >= 15 is 0 Å². The van der Waals surface area contributed by atoms with Gasteiger partial charge in [0.25, 0.3) is 5.91 Å². The maximum Gasteiger partial charge on any atom is 0.265 e. The number of carbonyl (C=O) groups excluding carboxylic acids is 2. The first-order valence-corrected chi connectivity index (χ1v) is 7.75. The average Bonchev–Trinajstić information content (AvgIpc) is 2.75. The molecule has 0 fully saturated rings. The number of rotatable bonds is 3. The van der Waals surface area contributed by atoms with Crippen LogP contribution in [0.5, 0.6) is 5.75 Å². The Morgan fingerprint density at radius 3 is 2.83 bits per heavy atom. The molecule has 126 valence electrons. The number of aromatic nitrogens is 2. The molecule has 1 atom stereocenters. The lowest BCUT2D eigenvalue weighted by molar-refractivity contribution is -0.122. The quantitative estimate of drug-likeness (QED) is 0.901. The zero-order chi connectivity index (χ0) is 17.4. The lowest BCUT2D eigenvalue weighted by Crippen LogP contribution is -2.34. The molecule has 2 amide bonds. The van der Waals surface area contributed by atoms with Crippen molar-refractivity contribution >= 4 is 23.2 Å². The zero-order valence-corrected chi connectivity index (χ0v) is 14.1. The van der Waals surface area contributed by atoms with Gasteiger partial charge in [0, 0.05) is 24.0 Å². The summed E-state index contributed by atoms with van der Waals surface area (Å²) in [4.78, 5) is 24.0. The van der Waals surface area contributed by atoms with Crippen LogP contribution in [0.4, 0.5) is 11.4 Å². The fourth-order valence-corrected chi connectivity index (χ4v) is 2.73. The minimum absolute atomic E-state index is 0.134. The predicted molar refractivity (Wildman–Crippen MR) is 90.2 cm³/mol. The number of anilines is 2. The summed E-state index contributed by atoms with van der Waals surface area (Å²) in [6.45, 7) is 5.52. The number of amides is 2. The molecule has 7 heteroatoms. The molecular formula is C17H20N4O3. The third kappa shape index (κ3) is 2.97. The Bertz CT molecular complexity index is 825. The van der Waals surface area contributed by atoms with Gasteiger partial charge in [0.2, 0.25) is 5.91 Å². The fraction of sp³-hybridized carbons (Fsp3) is 0.353. The first-order valence-electron chi connectivity index (χ1n) is 7.75. The molecule has 0 bridgehead atoms. The van der Waals surface area contributed by atoms with Crippen molar-refractivity contribution < 1.29 is 14.3 Å². The maximum absolute atomic E-state index is 12.3. The second kappa shape index (κ2) is 5.99. The Labute approximate surface area is 140 Å². The molecule has 0 aliphatic carbocycles. The number of fused-ring (bicyclic) bond motifs is 1. The molecular weight excluding hydrogens is 308 g/mol. The highest BCUT2D eigenvalue weighted by Crippen LogP contribution is 2.32. The van der Waals surface area contributed by atoms with Crippen molar-refractivity contribution in [2.24, 2.45) is 7.05 Å². The van der Waals surface area contributed by atoms with Gasteiger partial charge in [-0.05, 0) is 39.0 Å². The summed E-state index contributed by atoms with van der Waals surface area (Å²) in [7, 11) is 1.86. The highest BCUT2D eigenvalue weighted by molar-refractivity contribution is 5.99. The third-order valence-corrected chi connectivity index (χ3v) is 4.19. The predicted octanol–water partition coefficient (Wildman–Crippen LogP) is 1.94. The van der Waals surface area contributed by atoms with E-state index in [1.807, 2.05) is 20.9 Å². The van der Waals surface area contributed by atoms with Gasteiger partial charge in [-0.1, -0.05) is 0 Å². The second-order valence-electron chi connectivity index (χ2n) is 5.96. The van der Waals surface area contributed by atoms with Gasteiger partial charge in [0.1, 0.15) is 5.75 Å². The lowest BCUT2D eigenvalue weighted by Gasteiger charge is -2.23. The number of ether oxygens (including phenoxy) is 1. The Hall–Kier alpha value is -2.83. The molecule has 0 radical (unpaired) electrons. The zero-order valence-electron chi connectivity index (χ0n) is 14.1. The molecule has 0 saturated carbocycles. The topological polar surface area (TPSA) is 85.3 Å². The Balaban J connectivity index is 1.73. The van der Waals surface area contributed by atoms with E-state index in [4.69, 9.17) is 4.74 Å². The lowest BCUT2D eigenvalue weighted by atomic mass is 10.1. The number of carbonyl (C=O) groups is 2. The van der Waals surface area contributed by atoms with Crippen LogP contribution in [0.1, 0.15) is 23.9 Å². The molecule has 2 heterocycles. The molecule has 3 rings (SSSR count). The molecule has 2 aromatic rings. The molecule has 1 aromatic carbocycles. The molecule has 7 nitrogen and oxygen atoms in total. The van der Waals surface area contributed by atoms with Crippen LogP contribution in [-0.4, -0.2) is 27.7 Å². The SMILES string of the molecule is Cc1nn(C)c(C)c1CC(=O)Nc1ccc2c(c1)NC(=O)[C@H](C)O2. The number of nitrogens with one attached hydrogen (secondary N) is 2. The summed E-state index contributed by atoms with van der Waals surface area (Å²) in [6, 6.07) is 5.19. The van der Waals surface area contributed by atoms with Crippen LogP contribution < -0.4 is 15.4 Å². The van der Waals surface area contributed by atoms with E-state index in [0.717, 1.165) is 17.0 Å². The summed E-state index contributed by atoms with van der Waals surface area (Å²) >= 11 is 0. The summed E-state index contributed by atoms with van der Waals surface area (Å²) < 4.78 is 7.27. The number of nitrogens with zero attached hydrogens (tertiary/aromatic N) is 2. The van der Waals surface area contributed by atoms with Crippen LogP contribution in [-0.2, 0) is 23.1 Å². The summed E-state index contributed by atoms with van der Waals surface area (Å²) in [6.07, 6.45) is -0.267. The van der Waals surface area contributed by atoms with Gasteiger partial charge in [-0.3, -0.25) is 14.3 Å². The van der Waals surface area contributed by atoms with Crippen molar-refractivity contribution in [1.82, 2.24) is 9.78 Å². The van der Waals surface area contributed by atoms with E-state index in [1.165, 1.54) is 0 Å². The molecule has 0 saturated heterocycles. The van der Waals surface area contributed by atoms with Crippen molar-refractivity contribution in [2.45, 2.75) is 33.3 Å². The molecule has 24 heavy (non-hydrogen) atoms. The average molecular weight is 328 g/mol. The fourth-order valence-electron chi connectivity index (χ4n) is 2.73. The molecule has 0 unspecified atom stereocenters. The normalized spacial score (nSPS) is 16.2. The molecule has 1 aromatic heterocycles. The number of hydrogen-bond acceptors (Lipinski definition) is 4. The van der Waals surface area contributed by atoms with Crippen LogP contribution in [0.25, 0.3) is 0 Å². The van der Waals surface area contributed by atoms with Gasteiger partial charge < -0.3 is 15.4 Å². The highest BCUT2D eigenvalue weighted by atomic mass is 16.5. The Morgan fingerprint density at radius 2 is 2.17 bits per heavy atom. The monoisotopic (exact) mass is 328 g/mol. The Kier molecular flexibility index (Phi) is 4.01. The summed E-state index contributed by atoms with van der Waals surface area (Å²) in [5.41, 5.74) is 3.92. The van der Waals surface area contributed by atoms with Crippen LogP contribution in [0, 0.1) is 13.8 Å². The number of benzene rings is 1. The van der Waals surface area contributed by atoms with Gasteiger partial charge in [0.05, 0.1) is 17.8 Å². The number of aryl methyl sites for hydroxylation is 2. The molecule has 1 aliphatic heterocycles. The van der Waals surface area contributed by atoms with E-state index in [1.54, 1.807) is 29.8 Å². The molecule has 0 spiro atoms. The van der Waals surface area contributed by atoms with Crippen molar-refractivity contribution in [3.63, 3.8) is 0 Å². The van der Waals surface area contributed by atoms with Gasteiger partial charge >= 0.3 is 0 Å². The minimum atomic E-state index is -0.519. The van der Waals surface area contributed by atoms with Gasteiger partial charge in [-0.15, -0.1) is 0 Å². The molecule has 1 aliphatic rings. The largest absolute Gasteiger partial charge is 0.479 e. The van der Waals surface area contributed by atoms with Gasteiger partial charge in [-0.25, -0.2) is 0 Å². The van der Waals surface area contributed by atoms with Crippen LogP contribution >= 0.6 is 0 Å². The van der Waals surface area contributed by atoms with Gasteiger partial charge in [-0.2, -0.15) is 5.10 Å². The van der Waals surface area contributed by atoms with Crippen molar-refractivity contribution in [3.8, 4) is 5.75 Å². The van der Waals surface area contributed by atoms with E-state index in [9.17, 15) is 9.59 Å². The van der Waals surface area contributed by atoms with Crippen LogP contribution in [0.15, 0.2) is 18.2 Å². The highest BCUT2D eigenvalue weighted by Gasteiger charge is 2.23. The Morgan fingerprint density at radius 1 is 1.42 bits per heavy atom. The standard InChI is InChI=1S/C17H20N4O3/c1-9-13(10(2)21(4)20-9)8-16(22)18-12-5-6-15-14(7-12)19-17(23)11(3)24-15/h5-7,11H,8H2,1-4H3,(H,18,22)(H,19,23)/t11-/m0/s1. The number of hydrogen-bond donors (Lipinski definition) is 2. The van der Waals surface area contributed by atoms with E-state index in [0.29, 0.717) is 17.1 Å². The minimum Gasteiger partial charge on any atom is -0.479 e. The van der Waals surface area contributed by atoms with Crippen molar-refractivity contribution in [1.29, 1.82) is 0 Å². The summed E-state index contributed by atoms with van der Waals surface area (Å²) in [5, 5.41) is 9.93. The van der Waals surface area contributed by atoms with E-state index in [-0.39, 0.29) is 18.2 Å². The first kappa shape index (κ1) is 16.0. The third-order valence-electron chi connectivity index (χ3n) is 4.19. The van der Waals surface area contributed by atoms with E-state index < -0.39 is 6.10 Å². The second-order valence-corrected chi connectivity index (χ2v) is 5.96. The molecule has 2 N–H and O–H groups in total. The van der Waals surface area contributed by atoms with Crippen molar-refractivity contribution in [2.75, 3.05) is 10.6 Å². The van der Waals surface area contributed by atoms with Gasteiger partial charge in [0.15, 0.2) is 6.10 Å². The van der Waals surface area contributed by atoms with E-state index in [2.05, 4.69) is 15.7 Å². The van der Waals surface area contributed by atoms with Crippen LogP contribution in [0.2, 0.25) is 0 Å². The maximum atomic E-state index is 12.3.